The Balaban J connectivity index is 1.66. The van der Waals surface area contributed by atoms with E-state index < -0.39 is 0 Å². The molecule has 4 aromatic rings. The van der Waals surface area contributed by atoms with E-state index in [4.69, 9.17) is 4.74 Å². The number of rotatable bonds is 6. The van der Waals surface area contributed by atoms with Crippen molar-refractivity contribution in [2.45, 2.75) is 32.7 Å². The van der Waals surface area contributed by atoms with Crippen molar-refractivity contribution in [1.82, 2.24) is 19.2 Å². The number of aromatic nitrogens is 4. The standard InChI is InChI=1S/C21H22N4O2/c1-15(2)19-22-20-17-11-6-7-12-18(17)24(21(26)25(20)23-19)13-8-14-27-16-9-4-3-5-10-16/h3-7,9-12,15H,8,13-14H2,1-2H3. The first kappa shape index (κ1) is 17.3. The van der Waals surface area contributed by atoms with Gasteiger partial charge in [-0.15, -0.1) is 5.10 Å². The molecule has 0 aliphatic heterocycles. The van der Waals surface area contributed by atoms with Crippen LogP contribution in [0.5, 0.6) is 5.75 Å². The van der Waals surface area contributed by atoms with E-state index in [1.807, 2.05) is 68.4 Å². The summed E-state index contributed by atoms with van der Waals surface area (Å²) in [4.78, 5) is 17.6. The molecule has 0 amide bonds. The molecular formula is C21H22N4O2. The molecule has 0 N–H and O–H groups in total. The minimum atomic E-state index is -0.164. The third kappa shape index (κ3) is 3.30. The molecule has 6 heteroatoms. The van der Waals surface area contributed by atoms with Crippen molar-refractivity contribution in [3.63, 3.8) is 0 Å². The highest BCUT2D eigenvalue weighted by atomic mass is 16.5. The molecule has 0 aliphatic carbocycles. The molecule has 0 atom stereocenters. The van der Waals surface area contributed by atoms with Crippen molar-refractivity contribution < 1.29 is 4.74 Å². The normalized spacial score (nSPS) is 11.5. The maximum atomic E-state index is 13.0. The van der Waals surface area contributed by atoms with Gasteiger partial charge in [0.1, 0.15) is 5.75 Å². The lowest BCUT2D eigenvalue weighted by Gasteiger charge is -2.11. The molecule has 4 rings (SSSR count). The highest BCUT2D eigenvalue weighted by molar-refractivity contribution is 5.91. The summed E-state index contributed by atoms with van der Waals surface area (Å²) in [5.74, 6) is 1.68. The zero-order valence-electron chi connectivity index (χ0n) is 15.5. The first-order chi connectivity index (χ1) is 13.1. The smallest absolute Gasteiger partial charge is 0.351 e. The summed E-state index contributed by atoms with van der Waals surface area (Å²) in [5, 5.41) is 5.37. The lowest BCUT2D eigenvalue weighted by Crippen LogP contribution is -2.28. The quantitative estimate of drug-likeness (QED) is 0.491. The summed E-state index contributed by atoms with van der Waals surface area (Å²) >= 11 is 0. The van der Waals surface area contributed by atoms with Gasteiger partial charge in [0.2, 0.25) is 0 Å². The van der Waals surface area contributed by atoms with Gasteiger partial charge in [-0.3, -0.25) is 4.57 Å². The lowest BCUT2D eigenvalue weighted by atomic mass is 10.2. The van der Waals surface area contributed by atoms with Gasteiger partial charge in [-0.05, 0) is 30.7 Å². The monoisotopic (exact) mass is 362 g/mol. The van der Waals surface area contributed by atoms with Gasteiger partial charge in [0, 0.05) is 17.8 Å². The second-order valence-corrected chi connectivity index (χ2v) is 6.83. The summed E-state index contributed by atoms with van der Waals surface area (Å²) in [7, 11) is 0. The summed E-state index contributed by atoms with van der Waals surface area (Å²) in [6, 6.07) is 17.5. The van der Waals surface area contributed by atoms with Crippen LogP contribution in [-0.2, 0) is 6.54 Å². The molecule has 2 aromatic heterocycles. The highest BCUT2D eigenvalue weighted by Gasteiger charge is 2.16. The molecule has 0 unspecified atom stereocenters. The van der Waals surface area contributed by atoms with E-state index in [2.05, 4.69) is 10.1 Å². The molecular weight excluding hydrogens is 340 g/mol. The third-order valence-corrected chi connectivity index (χ3v) is 4.53. The number of ether oxygens (including phenoxy) is 1. The van der Waals surface area contributed by atoms with E-state index in [1.54, 1.807) is 4.57 Å². The predicted octanol–water partition coefficient (Wildman–Crippen LogP) is 3.64. The first-order valence-electron chi connectivity index (χ1n) is 9.21. The Kier molecular flexibility index (Phi) is 4.62. The molecule has 0 saturated carbocycles. The average molecular weight is 362 g/mol. The van der Waals surface area contributed by atoms with Gasteiger partial charge in [0.25, 0.3) is 0 Å². The fourth-order valence-electron chi connectivity index (χ4n) is 3.14. The van der Waals surface area contributed by atoms with E-state index >= 15 is 0 Å². The summed E-state index contributed by atoms with van der Waals surface area (Å²) in [6.45, 7) is 5.14. The molecule has 0 fully saturated rings. The van der Waals surface area contributed by atoms with Gasteiger partial charge in [0.05, 0.1) is 12.1 Å². The second-order valence-electron chi connectivity index (χ2n) is 6.83. The summed E-state index contributed by atoms with van der Waals surface area (Å²) < 4.78 is 8.94. The Morgan fingerprint density at radius 1 is 1.04 bits per heavy atom. The minimum Gasteiger partial charge on any atom is -0.494 e. The zero-order valence-corrected chi connectivity index (χ0v) is 15.5. The first-order valence-corrected chi connectivity index (χ1v) is 9.21. The summed E-state index contributed by atoms with van der Waals surface area (Å²) in [6.07, 6.45) is 0.718. The van der Waals surface area contributed by atoms with Crippen molar-refractivity contribution in [3.05, 3.63) is 70.9 Å². The SMILES string of the molecule is CC(C)c1nc2c3ccccc3n(CCCOc3ccccc3)c(=O)n2n1. The number of aryl methyl sites for hydroxylation is 1. The van der Waals surface area contributed by atoms with Crippen LogP contribution in [0.2, 0.25) is 0 Å². The third-order valence-electron chi connectivity index (χ3n) is 4.53. The number of hydrogen-bond donors (Lipinski definition) is 0. The van der Waals surface area contributed by atoms with Crippen LogP contribution in [0.4, 0.5) is 0 Å². The van der Waals surface area contributed by atoms with Gasteiger partial charge in [0.15, 0.2) is 11.5 Å². The van der Waals surface area contributed by atoms with Crippen molar-refractivity contribution in [2.24, 2.45) is 0 Å². The molecule has 2 heterocycles. The summed E-state index contributed by atoms with van der Waals surface area (Å²) in [5.41, 5.74) is 1.33. The Bertz CT molecular complexity index is 1130. The minimum absolute atomic E-state index is 0.163. The van der Waals surface area contributed by atoms with Crippen molar-refractivity contribution in [2.75, 3.05) is 6.61 Å². The molecule has 0 spiro atoms. The van der Waals surface area contributed by atoms with E-state index in [0.717, 1.165) is 23.1 Å². The van der Waals surface area contributed by atoms with Crippen molar-refractivity contribution in [1.29, 1.82) is 0 Å². The van der Waals surface area contributed by atoms with E-state index in [9.17, 15) is 4.79 Å². The Labute approximate surface area is 157 Å². The molecule has 2 aromatic carbocycles. The zero-order chi connectivity index (χ0) is 18.8. The largest absolute Gasteiger partial charge is 0.494 e. The van der Waals surface area contributed by atoms with Crippen LogP contribution < -0.4 is 10.4 Å². The van der Waals surface area contributed by atoms with Crippen molar-refractivity contribution in [3.8, 4) is 5.75 Å². The fraction of sp³-hybridized carbons (Fsp3) is 0.286. The number of benzene rings is 2. The van der Waals surface area contributed by atoms with E-state index in [1.165, 1.54) is 4.52 Å². The Hall–Kier alpha value is -3.15. The number of hydrogen-bond acceptors (Lipinski definition) is 4. The molecule has 6 nitrogen and oxygen atoms in total. The maximum absolute atomic E-state index is 13.0. The van der Waals surface area contributed by atoms with Gasteiger partial charge >= 0.3 is 5.69 Å². The van der Waals surface area contributed by atoms with Crippen LogP contribution in [0.3, 0.4) is 0 Å². The van der Waals surface area contributed by atoms with E-state index in [-0.39, 0.29) is 11.6 Å². The van der Waals surface area contributed by atoms with Gasteiger partial charge in [-0.1, -0.05) is 44.2 Å². The number of fused-ring (bicyclic) bond motifs is 3. The molecule has 0 saturated heterocycles. The molecule has 0 radical (unpaired) electrons. The highest BCUT2D eigenvalue weighted by Crippen LogP contribution is 2.19. The van der Waals surface area contributed by atoms with Crippen LogP contribution in [0.1, 0.15) is 32.0 Å². The van der Waals surface area contributed by atoms with Gasteiger partial charge in [-0.2, -0.15) is 4.52 Å². The average Bonchev–Trinajstić information content (AvgIpc) is 3.14. The fourth-order valence-corrected chi connectivity index (χ4v) is 3.14. The maximum Gasteiger partial charge on any atom is 0.351 e. The number of para-hydroxylation sites is 2. The van der Waals surface area contributed by atoms with Crippen LogP contribution >= 0.6 is 0 Å². The Morgan fingerprint density at radius 2 is 1.78 bits per heavy atom. The van der Waals surface area contributed by atoms with Crippen LogP contribution in [0.15, 0.2) is 59.4 Å². The van der Waals surface area contributed by atoms with Crippen LogP contribution in [0, 0.1) is 0 Å². The van der Waals surface area contributed by atoms with Gasteiger partial charge < -0.3 is 4.74 Å². The molecule has 138 valence electrons. The van der Waals surface area contributed by atoms with E-state index in [0.29, 0.717) is 24.6 Å². The Morgan fingerprint density at radius 3 is 2.56 bits per heavy atom. The predicted molar refractivity (Wildman–Crippen MR) is 105 cm³/mol. The van der Waals surface area contributed by atoms with Gasteiger partial charge in [-0.25, -0.2) is 9.78 Å². The van der Waals surface area contributed by atoms with Crippen molar-refractivity contribution >= 4 is 16.6 Å². The molecule has 27 heavy (non-hydrogen) atoms. The molecule has 0 aliphatic rings. The topological polar surface area (TPSA) is 61.4 Å². The number of nitrogens with zero attached hydrogens (tertiary/aromatic N) is 4. The molecule has 0 bridgehead atoms. The van der Waals surface area contributed by atoms with Crippen LogP contribution in [0.25, 0.3) is 16.6 Å². The lowest BCUT2D eigenvalue weighted by molar-refractivity contribution is 0.301. The second kappa shape index (κ2) is 7.23. The van der Waals surface area contributed by atoms with Crippen LogP contribution in [-0.4, -0.2) is 25.8 Å².